The van der Waals surface area contributed by atoms with Gasteiger partial charge in [-0.2, -0.15) is 8.78 Å². The van der Waals surface area contributed by atoms with Crippen LogP contribution in [0.3, 0.4) is 0 Å². The highest BCUT2D eigenvalue weighted by Gasteiger charge is 2.32. The van der Waals surface area contributed by atoms with E-state index in [4.69, 9.17) is 4.74 Å². The molecule has 2 N–H and O–H groups in total. The Labute approximate surface area is 161 Å². The predicted octanol–water partition coefficient (Wildman–Crippen LogP) is 3.57. The zero-order valence-electron chi connectivity index (χ0n) is 15.3. The van der Waals surface area contributed by atoms with Gasteiger partial charge in [0.25, 0.3) is 5.92 Å². The third-order valence-electron chi connectivity index (χ3n) is 4.48. The number of nitrogens with one attached hydrogen (secondary N) is 2. The maximum Gasteiger partial charge on any atom is 0.319 e. The molecule has 0 spiro atoms. The molecule has 150 valence electrons. The van der Waals surface area contributed by atoms with Gasteiger partial charge in [0.2, 0.25) is 0 Å². The van der Waals surface area contributed by atoms with Gasteiger partial charge in [-0.25, -0.2) is 9.18 Å². The number of anilines is 1. The van der Waals surface area contributed by atoms with Gasteiger partial charge in [0.1, 0.15) is 5.82 Å². The van der Waals surface area contributed by atoms with Crippen molar-refractivity contribution in [2.75, 3.05) is 38.2 Å². The molecule has 2 amide bonds. The number of nitrogens with zero attached hydrogens (tertiary/aromatic N) is 1. The Balaban J connectivity index is 1.59. The van der Waals surface area contributed by atoms with Crippen molar-refractivity contribution in [1.82, 2.24) is 10.2 Å². The molecule has 3 rings (SSSR count). The van der Waals surface area contributed by atoms with E-state index in [9.17, 15) is 18.0 Å². The molecule has 0 aliphatic carbocycles. The van der Waals surface area contributed by atoms with Gasteiger partial charge in [0.05, 0.1) is 19.8 Å². The molecule has 5 nitrogen and oxygen atoms in total. The lowest BCUT2D eigenvalue weighted by Crippen LogP contribution is -2.38. The fraction of sp³-hybridized carbons (Fsp3) is 0.350. The summed E-state index contributed by atoms with van der Waals surface area (Å²) in [5.41, 5.74) is 0.956. The molecule has 0 aromatic heterocycles. The summed E-state index contributed by atoms with van der Waals surface area (Å²) in [6.45, 7) is 2.59. The molecule has 0 atom stereocenters. The summed E-state index contributed by atoms with van der Waals surface area (Å²) in [5, 5.41) is 4.78. The van der Waals surface area contributed by atoms with Gasteiger partial charge in [0.15, 0.2) is 0 Å². The SMILES string of the molecule is O=C(NCC(F)(F)c1cccc(F)c1)Nc1ccccc1CN1CCOCC1. The second-order valence-corrected chi connectivity index (χ2v) is 6.57. The molecule has 1 aliphatic rings. The van der Waals surface area contributed by atoms with E-state index in [1.807, 2.05) is 12.1 Å². The number of amides is 2. The number of hydrogen-bond donors (Lipinski definition) is 2. The largest absolute Gasteiger partial charge is 0.379 e. The predicted molar refractivity (Wildman–Crippen MR) is 99.9 cm³/mol. The van der Waals surface area contributed by atoms with Crippen LogP contribution in [0.5, 0.6) is 0 Å². The normalized spacial score (nSPS) is 15.2. The molecule has 28 heavy (non-hydrogen) atoms. The van der Waals surface area contributed by atoms with Gasteiger partial charge in [-0.05, 0) is 23.8 Å². The number of morpholine rings is 1. The van der Waals surface area contributed by atoms with Gasteiger partial charge in [-0.15, -0.1) is 0 Å². The van der Waals surface area contributed by atoms with Crippen LogP contribution in [0.1, 0.15) is 11.1 Å². The summed E-state index contributed by atoms with van der Waals surface area (Å²) in [6.07, 6.45) is 0. The van der Waals surface area contributed by atoms with Gasteiger partial charge in [-0.3, -0.25) is 4.90 Å². The van der Waals surface area contributed by atoms with Crippen molar-refractivity contribution in [2.45, 2.75) is 12.5 Å². The number of rotatable bonds is 6. The van der Waals surface area contributed by atoms with Crippen molar-refractivity contribution in [1.29, 1.82) is 0 Å². The highest BCUT2D eigenvalue weighted by Crippen LogP contribution is 2.27. The van der Waals surface area contributed by atoms with Crippen LogP contribution >= 0.6 is 0 Å². The number of urea groups is 1. The maximum atomic E-state index is 14.2. The van der Waals surface area contributed by atoms with Crippen molar-refractivity contribution in [3.63, 3.8) is 0 Å². The van der Waals surface area contributed by atoms with E-state index in [0.29, 0.717) is 25.4 Å². The van der Waals surface area contributed by atoms with Gasteiger partial charge in [-0.1, -0.05) is 30.3 Å². The average molecular weight is 393 g/mol. The number of benzene rings is 2. The van der Waals surface area contributed by atoms with Crippen LogP contribution in [0.15, 0.2) is 48.5 Å². The fourth-order valence-electron chi connectivity index (χ4n) is 2.96. The molecular formula is C20H22F3N3O2. The molecule has 2 aromatic rings. The lowest BCUT2D eigenvalue weighted by atomic mass is 10.1. The first-order valence-electron chi connectivity index (χ1n) is 9.01. The summed E-state index contributed by atoms with van der Waals surface area (Å²) in [7, 11) is 0. The summed E-state index contributed by atoms with van der Waals surface area (Å²) >= 11 is 0. The highest BCUT2D eigenvalue weighted by atomic mass is 19.3. The molecule has 0 bridgehead atoms. The molecule has 2 aromatic carbocycles. The van der Waals surface area contributed by atoms with Crippen LogP contribution < -0.4 is 10.6 Å². The summed E-state index contributed by atoms with van der Waals surface area (Å²) in [4.78, 5) is 14.3. The number of hydrogen-bond acceptors (Lipinski definition) is 3. The Hall–Kier alpha value is -2.58. The second-order valence-electron chi connectivity index (χ2n) is 6.57. The summed E-state index contributed by atoms with van der Waals surface area (Å²) in [5.74, 6) is -4.13. The third kappa shape index (κ3) is 5.46. The molecule has 1 heterocycles. The number of carbonyl (C=O) groups is 1. The van der Waals surface area contributed by atoms with Crippen molar-refractivity contribution in [2.24, 2.45) is 0 Å². The Morgan fingerprint density at radius 1 is 1.11 bits per heavy atom. The van der Waals surface area contributed by atoms with E-state index < -0.39 is 29.9 Å². The van der Waals surface area contributed by atoms with Crippen LogP contribution in [-0.2, 0) is 17.2 Å². The van der Waals surface area contributed by atoms with Crippen molar-refractivity contribution >= 4 is 11.7 Å². The number of ether oxygens (including phenoxy) is 1. The zero-order valence-corrected chi connectivity index (χ0v) is 15.3. The number of halogens is 3. The quantitative estimate of drug-likeness (QED) is 0.789. The highest BCUT2D eigenvalue weighted by molar-refractivity contribution is 5.90. The smallest absolute Gasteiger partial charge is 0.319 e. The number of carbonyl (C=O) groups excluding carboxylic acids is 1. The molecule has 1 aliphatic heterocycles. The van der Waals surface area contributed by atoms with Crippen LogP contribution in [0.4, 0.5) is 23.7 Å². The number of para-hydroxylation sites is 1. The Bertz CT molecular complexity index is 811. The summed E-state index contributed by atoms with van der Waals surface area (Å²) < 4.78 is 46.9. The van der Waals surface area contributed by atoms with Gasteiger partial charge >= 0.3 is 6.03 Å². The Morgan fingerprint density at radius 3 is 2.61 bits per heavy atom. The first kappa shape index (κ1) is 20.2. The van der Waals surface area contributed by atoms with E-state index in [1.165, 1.54) is 6.07 Å². The molecular weight excluding hydrogens is 371 g/mol. The molecule has 1 fully saturated rings. The second kappa shape index (κ2) is 9.07. The fourth-order valence-corrected chi connectivity index (χ4v) is 2.96. The lowest BCUT2D eigenvalue weighted by molar-refractivity contribution is -0.000372. The average Bonchev–Trinajstić information content (AvgIpc) is 2.69. The van der Waals surface area contributed by atoms with Crippen molar-refractivity contribution in [3.05, 3.63) is 65.5 Å². The summed E-state index contributed by atoms with van der Waals surface area (Å²) in [6, 6.07) is 10.7. The van der Waals surface area contributed by atoms with Crippen LogP contribution in [0, 0.1) is 5.82 Å². The Kier molecular flexibility index (Phi) is 6.53. The molecule has 0 radical (unpaired) electrons. The lowest BCUT2D eigenvalue weighted by Gasteiger charge is -2.27. The number of alkyl halides is 2. The first-order valence-corrected chi connectivity index (χ1v) is 9.01. The molecule has 1 saturated heterocycles. The monoisotopic (exact) mass is 393 g/mol. The minimum absolute atomic E-state index is 0.486. The minimum atomic E-state index is -3.38. The maximum absolute atomic E-state index is 14.2. The topological polar surface area (TPSA) is 53.6 Å². The van der Waals surface area contributed by atoms with E-state index in [2.05, 4.69) is 15.5 Å². The molecule has 8 heteroatoms. The van der Waals surface area contributed by atoms with Crippen molar-refractivity contribution < 1.29 is 22.7 Å². The third-order valence-corrected chi connectivity index (χ3v) is 4.48. The van der Waals surface area contributed by atoms with Gasteiger partial charge in [0, 0.05) is 30.9 Å². The Morgan fingerprint density at radius 2 is 1.86 bits per heavy atom. The standard InChI is InChI=1S/C20H22F3N3O2/c21-17-6-3-5-16(12-17)20(22,23)14-24-19(27)25-18-7-2-1-4-15(18)13-26-8-10-28-11-9-26/h1-7,12H,8-11,13-14H2,(H2,24,25,27). The van der Waals surface area contributed by atoms with E-state index in [1.54, 1.807) is 12.1 Å². The van der Waals surface area contributed by atoms with Gasteiger partial charge < -0.3 is 15.4 Å². The zero-order chi connectivity index (χ0) is 20.0. The molecule has 0 unspecified atom stereocenters. The van der Waals surface area contributed by atoms with E-state index >= 15 is 0 Å². The van der Waals surface area contributed by atoms with Crippen LogP contribution in [0.25, 0.3) is 0 Å². The van der Waals surface area contributed by atoms with Crippen LogP contribution in [-0.4, -0.2) is 43.8 Å². The van der Waals surface area contributed by atoms with E-state index in [0.717, 1.165) is 36.9 Å². The van der Waals surface area contributed by atoms with E-state index in [-0.39, 0.29) is 0 Å². The minimum Gasteiger partial charge on any atom is -0.379 e. The first-order chi connectivity index (χ1) is 13.4. The molecule has 0 saturated carbocycles. The van der Waals surface area contributed by atoms with Crippen LogP contribution in [0.2, 0.25) is 0 Å². The van der Waals surface area contributed by atoms with Crippen molar-refractivity contribution in [3.8, 4) is 0 Å².